The molecule has 4 nitrogen and oxygen atoms in total. The molecule has 1 aliphatic rings. The summed E-state index contributed by atoms with van der Waals surface area (Å²) in [7, 11) is -3.82. The van der Waals surface area contributed by atoms with Crippen LogP contribution in [0, 0.1) is 0 Å². The third-order valence-electron chi connectivity index (χ3n) is 5.80. The monoisotopic (exact) mass is 517 g/mol. The SMILES string of the molecule is CN1CCN(c2ccc([NH+]=c3cc(-c4ccccc4)oc4ccc(Cl)cc34)cc2)CC1.F[B-](F)(F)F. The predicted molar refractivity (Wildman–Crippen MR) is 137 cm³/mol. The van der Waals surface area contributed by atoms with Gasteiger partial charge in [-0.25, -0.2) is 4.99 Å². The summed E-state index contributed by atoms with van der Waals surface area (Å²) in [4.78, 5) is 8.38. The molecule has 1 N–H and O–H groups in total. The molecule has 0 bridgehead atoms. The van der Waals surface area contributed by atoms with Crippen molar-refractivity contribution >= 4 is 41.2 Å². The van der Waals surface area contributed by atoms with Crippen LogP contribution in [0.2, 0.25) is 5.02 Å². The van der Waals surface area contributed by atoms with E-state index in [2.05, 4.69) is 58.2 Å². The molecular weight excluding hydrogens is 493 g/mol. The van der Waals surface area contributed by atoms with Crippen molar-refractivity contribution in [2.45, 2.75) is 0 Å². The topological polar surface area (TPSA) is 33.6 Å². The summed E-state index contributed by atoms with van der Waals surface area (Å²) in [5, 5.41) is 2.61. The van der Waals surface area contributed by atoms with Crippen molar-refractivity contribution in [3.05, 3.63) is 89.2 Å². The lowest BCUT2D eigenvalue weighted by Crippen LogP contribution is -2.70. The molecule has 36 heavy (non-hydrogen) atoms. The minimum Gasteiger partial charge on any atom is -0.456 e. The van der Waals surface area contributed by atoms with Crippen LogP contribution >= 0.6 is 11.6 Å². The van der Waals surface area contributed by atoms with Crippen molar-refractivity contribution in [3.8, 4) is 11.3 Å². The van der Waals surface area contributed by atoms with Crippen molar-refractivity contribution in [3.63, 3.8) is 0 Å². The summed E-state index contributed by atoms with van der Waals surface area (Å²) in [6.45, 7) is 4.32. The third-order valence-corrected chi connectivity index (χ3v) is 6.04. The van der Waals surface area contributed by atoms with Crippen LogP contribution in [0.5, 0.6) is 0 Å². The zero-order valence-corrected chi connectivity index (χ0v) is 20.4. The van der Waals surface area contributed by atoms with Gasteiger partial charge in [-0.15, -0.1) is 0 Å². The number of rotatable bonds is 3. The van der Waals surface area contributed by atoms with Crippen LogP contribution in [0.25, 0.3) is 22.3 Å². The number of hydrogen-bond acceptors (Lipinski definition) is 3. The van der Waals surface area contributed by atoms with Gasteiger partial charge in [-0.1, -0.05) is 41.9 Å². The fourth-order valence-electron chi connectivity index (χ4n) is 3.98. The van der Waals surface area contributed by atoms with Gasteiger partial charge in [0.25, 0.3) is 0 Å². The van der Waals surface area contributed by atoms with E-state index in [1.54, 1.807) is 0 Å². The summed E-state index contributed by atoms with van der Waals surface area (Å²) >= 11 is 6.29. The maximum absolute atomic E-state index is 9.75. The molecule has 0 aliphatic carbocycles. The standard InChI is InChI=1S/C26H24ClN3O.BF4/c1-29-13-15-30(16-14-29)22-10-8-21(9-11-22)28-24-18-26(19-5-3-2-4-6-19)31-25-12-7-20(27)17-23(24)25;2-1(3,4)5/h2-12,17-18H,13-16H2,1H3;/q;-1/p+1. The van der Waals surface area contributed by atoms with Gasteiger partial charge in [-0.05, 0) is 37.4 Å². The van der Waals surface area contributed by atoms with Gasteiger partial charge in [0.1, 0.15) is 11.3 Å². The van der Waals surface area contributed by atoms with E-state index in [1.165, 1.54) is 5.69 Å². The number of anilines is 1. The van der Waals surface area contributed by atoms with E-state index >= 15 is 0 Å². The maximum Gasteiger partial charge on any atom is 0.673 e. The Bertz CT molecular complexity index is 1360. The van der Waals surface area contributed by atoms with Gasteiger partial charge < -0.3 is 31.5 Å². The Morgan fingerprint density at radius 1 is 0.833 bits per heavy atom. The second-order valence-electron chi connectivity index (χ2n) is 8.49. The van der Waals surface area contributed by atoms with Crippen molar-refractivity contribution in [1.82, 2.24) is 4.90 Å². The first-order chi connectivity index (χ1) is 17.2. The number of likely N-dealkylation sites (N-methyl/N-ethyl adjacent to an activating group) is 1. The van der Waals surface area contributed by atoms with Gasteiger partial charge in [-0.3, -0.25) is 0 Å². The van der Waals surface area contributed by atoms with Crippen molar-refractivity contribution < 1.29 is 26.7 Å². The molecule has 0 saturated carbocycles. The van der Waals surface area contributed by atoms with Crippen LogP contribution in [0.4, 0.5) is 28.6 Å². The molecule has 5 rings (SSSR count). The summed E-state index contributed by atoms with van der Waals surface area (Å²) in [6, 6.07) is 26.5. The molecule has 0 atom stereocenters. The molecule has 1 fully saturated rings. The number of piperazine rings is 1. The Morgan fingerprint density at radius 3 is 2.11 bits per heavy atom. The van der Waals surface area contributed by atoms with E-state index in [4.69, 9.17) is 16.0 Å². The molecule has 0 spiro atoms. The van der Waals surface area contributed by atoms with E-state index in [0.717, 1.165) is 59.5 Å². The van der Waals surface area contributed by atoms with Crippen LogP contribution in [-0.4, -0.2) is 45.4 Å². The normalized spacial score (nSPS) is 15.1. The van der Waals surface area contributed by atoms with E-state index in [9.17, 15) is 17.3 Å². The molecule has 3 aromatic carbocycles. The lowest BCUT2D eigenvalue weighted by Gasteiger charge is -2.33. The highest BCUT2D eigenvalue weighted by molar-refractivity contribution is 6.50. The van der Waals surface area contributed by atoms with Gasteiger partial charge >= 0.3 is 7.25 Å². The second-order valence-corrected chi connectivity index (χ2v) is 8.92. The minimum atomic E-state index is -6.00. The largest absolute Gasteiger partial charge is 0.673 e. The third kappa shape index (κ3) is 7.12. The number of halogens is 5. The Hall–Kier alpha value is -3.30. The van der Waals surface area contributed by atoms with Gasteiger partial charge in [0, 0.05) is 54.6 Å². The molecular formula is C26H25BClF4N3O. The summed E-state index contributed by atoms with van der Waals surface area (Å²) < 4.78 is 45.2. The van der Waals surface area contributed by atoms with E-state index in [1.807, 2.05) is 42.5 Å². The van der Waals surface area contributed by atoms with Crippen LogP contribution < -0.4 is 15.2 Å². The van der Waals surface area contributed by atoms with Gasteiger partial charge in [-0.2, -0.15) is 0 Å². The van der Waals surface area contributed by atoms with E-state index in [0.29, 0.717) is 5.02 Å². The second kappa shape index (κ2) is 11.2. The first-order valence-electron chi connectivity index (χ1n) is 11.5. The Labute approximate surface area is 211 Å². The predicted octanol–water partition coefficient (Wildman–Crippen LogP) is 5.12. The Morgan fingerprint density at radius 2 is 1.47 bits per heavy atom. The van der Waals surface area contributed by atoms with Gasteiger partial charge in [0.2, 0.25) is 11.0 Å². The fraction of sp³-hybridized carbons (Fsp3) is 0.192. The molecule has 1 saturated heterocycles. The van der Waals surface area contributed by atoms with Gasteiger partial charge in [0.15, 0.2) is 0 Å². The number of hydrogen-bond donors (Lipinski definition) is 1. The lowest BCUT2D eigenvalue weighted by atomic mass is 10.1. The Kier molecular flexibility index (Phi) is 8.01. The summed E-state index contributed by atoms with van der Waals surface area (Å²) in [5.74, 6) is 0.812. The van der Waals surface area contributed by atoms with Crippen LogP contribution in [-0.2, 0) is 0 Å². The highest BCUT2D eigenvalue weighted by Gasteiger charge is 2.20. The average Bonchev–Trinajstić information content (AvgIpc) is 2.85. The number of nitrogens with zero attached hydrogens (tertiary/aromatic N) is 2. The number of benzene rings is 3. The number of fused-ring (bicyclic) bond motifs is 1. The first-order valence-corrected chi connectivity index (χ1v) is 11.8. The highest BCUT2D eigenvalue weighted by atomic mass is 35.5. The van der Waals surface area contributed by atoms with Crippen LogP contribution in [0.1, 0.15) is 0 Å². The molecule has 1 aromatic heterocycles. The summed E-state index contributed by atoms with van der Waals surface area (Å²) in [6.07, 6.45) is 0. The zero-order chi connectivity index (χ0) is 25.7. The zero-order valence-electron chi connectivity index (χ0n) is 19.6. The molecule has 1 aliphatic heterocycles. The van der Waals surface area contributed by atoms with Crippen molar-refractivity contribution in [2.75, 3.05) is 38.1 Å². The van der Waals surface area contributed by atoms with Crippen LogP contribution in [0.3, 0.4) is 0 Å². The van der Waals surface area contributed by atoms with Gasteiger partial charge in [0.05, 0.1) is 11.5 Å². The fourth-order valence-corrected chi connectivity index (χ4v) is 4.15. The summed E-state index contributed by atoms with van der Waals surface area (Å²) in [5.41, 5.74) is 4.12. The quantitative estimate of drug-likeness (QED) is 0.303. The molecule has 188 valence electrons. The van der Waals surface area contributed by atoms with Crippen molar-refractivity contribution in [1.29, 1.82) is 0 Å². The maximum atomic E-state index is 9.75. The molecule has 0 amide bonds. The number of nitrogens with one attached hydrogen (secondary N) is 1. The van der Waals surface area contributed by atoms with E-state index in [-0.39, 0.29) is 0 Å². The van der Waals surface area contributed by atoms with E-state index < -0.39 is 7.25 Å². The molecule has 2 heterocycles. The molecule has 0 radical (unpaired) electrons. The average molecular weight is 518 g/mol. The van der Waals surface area contributed by atoms with Crippen LogP contribution in [0.15, 0.2) is 83.3 Å². The molecule has 4 aromatic rings. The highest BCUT2D eigenvalue weighted by Crippen LogP contribution is 2.23. The smallest absolute Gasteiger partial charge is 0.456 e. The molecule has 0 unspecified atom stereocenters. The van der Waals surface area contributed by atoms with Crippen molar-refractivity contribution in [2.24, 2.45) is 0 Å². The minimum absolute atomic E-state index is 0.684. The Balaban J connectivity index is 0.000000556. The molecule has 10 heteroatoms. The lowest BCUT2D eigenvalue weighted by molar-refractivity contribution is -0.400. The first kappa shape index (κ1) is 25.8.